The van der Waals surface area contributed by atoms with Gasteiger partial charge in [0.25, 0.3) is 0 Å². The Kier molecular flexibility index (Phi) is 9.80. The number of benzene rings is 2. The van der Waals surface area contributed by atoms with Crippen molar-refractivity contribution in [2.45, 2.75) is 64.2 Å². The largest absolute Gasteiger partial charge is 0.300 e. The molecule has 0 bridgehead atoms. The van der Waals surface area contributed by atoms with Gasteiger partial charge in [-0.2, -0.15) is 0 Å². The van der Waals surface area contributed by atoms with Crippen molar-refractivity contribution in [2.24, 2.45) is 0 Å². The van der Waals surface area contributed by atoms with Crippen LogP contribution in [0.25, 0.3) is 0 Å². The van der Waals surface area contributed by atoms with Gasteiger partial charge in [-0.3, -0.25) is 9.59 Å². The van der Waals surface area contributed by atoms with E-state index in [2.05, 4.69) is 11.8 Å². The number of carbonyl (C=O) groups is 2. The lowest BCUT2D eigenvalue weighted by Crippen LogP contribution is -2.14. The first-order valence-electron chi connectivity index (χ1n) is 10.3. The molecular weight excluding hydrogens is 344 g/mol. The van der Waals surface area contributed by atoms with Crippen molar-refractivity contribution in [2.75, 3.05) is 0 Å². The van der Waals surface area contributed by atoms with Gasteiger partial charge in [0.05, 0.1) is 5.92 Å². The van der Waals surface area contributed by atoms with Gasteiger partial charge in [-0.1, -0.05) is 73.5 Å². The van der Waals surface area contributed by atoms with Crippen molar-refractivity contribution in [3.63, 3.8) is 0 Å². The number of hydrogen-bond acceptors (Lipinski definition) is 2. The zero-order chi connectivity index (χ0) is 20.0. The molecule has 0 N–H and O–H groups in total. The fourth-order valence-corrected chi connectivity index (χ4v) is 3.43. The summed E-state index contributed by atoms with van der Waals surface area (Å²) in [4.78, 5) is 24.7. The van der Waals surface area contributed by atoms with Crippen LogP contribution in [-0.2, 0) is 9.59 Å². The van der Waals surface area contributed by atoms with Crippen LogP contribution >= 0.6 is 0 Å². The van der Waals surface area contributed by atoms with Crippen molar-refractivity contribution < 1.29 is 9.59 Å². The second-order valence-electron chi connectivity index (χ2n) is 7.10. The maximum Gasteiger partial charge on any atom is 0.144 e. The average molecular weight is 375 g/mol. The first kappa shape index (κ1) is 21.6. The van der Waals surface area contributed by atoms with Crippen LogP contribution in [0.15, 0.2) is 60.7 Å². The highest BCUT2D eigenvalue weighted by Gasteiger charge is 2.21. The minimum absolute atomic E-state index is 0.191. The van der Waals surface area contributed by atoms with Crippen LogP contribution in [0.1, 0.15) is 75.3 Å². The summed E-state index contributed by atoms with van der Waals surface area (Å²) in [6.45, 7) is 1.80. The monoisotopic (exact) mass is 374 g/mol. The summed E-state index contributed by atoms with van der Waals surface area (Å²) in [5, 5.41) is 0. The fraction of sp³-hybridized carbons (Fsp3) is 0.385. The Morgan fingerprint density at radius 3 is 1.82 bits per heavy atom. The summed E-state index contributed by atoms with van der Waals surface area (Å²) in [6.07, 6.45) is 6.23. The van der Waals surface area contributed by atoms with Gasteiger partial charge in [-0.05, 0) is 30.9 Å². The molecule has 0 atom stereocenters. The second kappa shape index (κ2) is 12.7. The molecule has 2 heteroatoms. The Morgan fingerprint density at radius 2 is 1.29 bits per heavy atom. The Morgan fingerprint density at radius 1 is 0.750 bits per heavy atom. The molecule has 28 heavy (non-hydrogen) atoms. The van der Waals surface area contributed by atoms with Crippen LogP contribution in [0.2, 0.25) is 0 Å². The number of hydrogen-bond donors (Lipinski definition) is 0. The van der Waals surface area contributed by atoms with E-state index in [0.717, 1.165) is 36.8 Å². The predicted molar refractivity (Wildman–Crippen MR) is 115 cm³/mol. The molecule has 0 radical (unpaired) electrons. The van der Waals surface area contributed by atoms with Crippen LogP contribution in [0.5, 0.6) is 0 Å². The van der Waals surface area contributed by atoms with Gasteiger partial charge in [-0.25, -0.2) is 0 Å². The van der Waals surface area contributed by atoms with Crippen molar-refractivity contribution in [1.82, 2.24) is 0 Å². The minimum atomic E-state index is -0.191. The Balaban J connectivity index is 1.78. The van der Waals surface area contributed by atoms with Gasteiger partial charge in [0.2, 0.25) is 0 Å². The molecule has 146 valence electrons. The van der Waals surface area contributed by atoms with E-state index >= 15 is 0 Å². The Labute approximate surface area is 169 Å². The molecule has 0 aliphatic rings. The van der Waals surface area contributed by atoms with Crippen molar-refractivity contribution in [3.8, 4) is 11.8 Å². The van der Waals surface area contributed by atoms with Gasteiger partial charge in [-0.15, -0.1) is 11.8 Å². The van der Waals surface area contributed by atoms with E-state index in [-0.39, 0.29) is 11.7 Å². The predicted octanol–water partition coefficient (Wildman–Crippen LogP) is 6.10. The van der Waals surface area contributed by atoms with Crippen LogP contribution in [0.3, 0.4) is 0 Å². The van der Waals surface area contributed by atoms with Gasteiger partial charge < -0.3 is 0 Å². The van der Waals surface area contributed by atoms with E-state index in [9.17, 15) is 9.59 Å². The topological polar surface area (TPSA) is 34.1 Å². The third-order valence-corrected chi connectivity index (χ3v) is 4.92. The lowest BCUT2D eigenvalue weighted by atomic mass is 9.85. The summed E-state index contributed by atoms with van der Waals surface area (Å²) in [7, 11) is 0. The Hall–Kier alpha value is -2.66. The standard InChI is InChI=1S/C26H30O2/c1-2-3-8-19-24(27)20-13-4-5-14-21-25(28)26(22-15-9-6-10-16-22)23-17-11-7-12-18-23/h6-7,9-12,15-18,26H,4-5,8,13-14,19-21H2,1H3. The highest BCUT2D eigenvalue weighted by atomic mass is 16.1. The quantitative estimate of drug-likeness (QED) is 0.332. The summed E-state index contributed by atoms with van der Waals surface area (Å²) < 4.78 is 0. The number of ketones is 2. The molecule has 2 rings (SSSR count). The normalized spacial score (nSPS) is 10.4. The molecule has 0 fully saturated rings. The molecule has 0 aliphatic heterocycles. The molecule has 0 saturated carbocycles. The van der Waals surface area contributed by atoms with Crippen LogP contribution in [0, 0.1) is 11.8 Å². The zero-order valence-electron chi connectivity index (χ0n) is 16.8. The summed E-state index contributed by atoms with van der Waals surface area (Å²) in [5.41, 5.74) is 2.11. The second-order valence-corrected chi connectivity index (χ2v) is 7.10. The van der Waals surface area contributed by atoms with E-state index in [4.69, 9.17) is 0 Å². The van der Waals surface area contributed by atoms with Gasteiger partial charge >= 0.3 is 0 Å². The molecule has 2 aromatic rings. The molecule has 2 aromatic carbocycles. The number of carbonyl (C=O) groups excluding carboxylic acids is 2. The molecule has 0 unspecified atom stereocenters. The average Bonchev–Trinajstić information content (AvgIpc) is 2.72. The van der Waals surface area contributed by atoms with E-state index in [0.29, 0.717) is 31.5 Å². The van der Waals surface area contributed by atoms with Crippen molar-refractivity contribution in [3.05, 3.63) is 71.8 Å². The third-order valence-electron chi connectivity index (χ3n) is 4.92. The van der Waals surface area contributed by atoms with Crippen LogP contribution in [-0.4, -0.2) is 11.6 Å². The highest BCUT2D eigenvalue weighted by Crippen LogP contribution is 2.27. The minimum Gasteiger partial charge on any atom is -0.300 e. The molecule has 0 spiro atoms. The summed E-state index contributed by atoms with van der Waals surface area (Å²) in [5.74, 6) is 6.12. The zero-order valence-corrected chi connectivity index (χ0v) is 16.8. The molecule has 0 heterocycles. The molecule has 0 aromatic heterocycles. The third kappa shape index (κ3) is 7.53. The van der Waals surface area contributed by atoms with E-state index in [1.165, 1.54) is 0 Å². The fourth-order valence-electron chi connectivity index (χ4n) is 3.43. The lowest BCUT2D eigenvalue weighted by molar-refractivity contribution is -0.120. The lowest BCUT2D eigenvalue weighted by Gasteiger charge is -2.17. The summed E-state index contributed by atoms with van der Waals surface area (Å²) in [6, 6.07) is 20.0. The Bertz CT molecular complexity index is 742. The molecule has 2 nitrogen and oxygen atoms in total. The van der Waals surface area contributed by atoms with Crippen molar-refractivity contribution in [1.29, 1.82) is 0 Å². The van der Waals surface area contributed by atoms with Gasteiger partial charge in [0, 0.05) is 25.7 Å². The first-order valence-corrected chi connectivity index (χ1v) is 10.3. The number of unbranched alkanes of at least 4 members (excludes halogenated alkanes) is 3. The van der Waals surface area contributed by atoms with Crippen molar-refractivity contribution >= 4 is 11.6 Å². The van der Waals surface area contributed by atoms with Gasteiger partial charge in [0.15, 0.2) is 0 Å². The maximum absolute atomic E-state index is 13.0. The van der Waals surface area contributed by atoms with E-state index in [1.807, 2.05) is 60.7 Å². The molecule has 0 saturated heterocycles. The van der Waals surface area contributed by atoms with Crippen LogP contribution < -0.4 is 0 Å². The molecule has 0 aliphatic carbocycles. The molecular formula is C26H30O2. The number of Topliss-reactive ketones (excluding diaryl/α,β-unsaturated/α-hetero) is 2. The maximum atomic E-state index is 13.0. The van der Waals surface area contributed by atoms with E-state index < -0.39 is 0 Å². The highest BCUT2D eigenvalue weighted by molar-refractivity contribution is 5.89. The first-order chi connectivity index (χ1) is 13.7. The number of rotatable bonds is 12. The SMILES string of the molecule is CC#CCCC(=O)CCCCCCC(=O)C(c1ccccc1)c1ccccc1. The smallest absolute Gasteiger partial charge is 0.144 e. The van der Waals surface area contributed by atoms with Crippen LogP contribution in [0.4, 0.5) is 0 Å². The molecule has 0 amide bonds. The van der Waals surface area contributed by atoms with E-state index in [1.54, 1.807) is 6.92 Å². The summed E-state index contributed by atoms with van der Waals surface area (Å²) >= 11 is 0. The van der Waals surface area contributed by atoms with Gasteiger partial charge in [0.1, 0.15) is 11.6 Å².